The third kappa shape index (κ3) is 2.49. The molecule has 0 aliphatic carbocycles. The molecule has 1 aromatic rings. The zero-order chi connectivity index (χ0) is 10.6. The fraction of sp³-hybridized carbons (Fsp3) is 0.200. The quantitative estimate of drug-likeness (QED) is 0.719. The van der Waals surface area contributed by atoms with Crippen LogP contribution in [0.1, 0.15) is 18.6 Å². The number of phenols is 1. The van der Waals surface area contributed by atoms with E-state index in [2.05, 4.69) is 0 Å². The van der Waals surface area contributed by atoms with E-state index in [1.807, 2.05) is 6.07 Å². The van der Waals surface area contributed by atoms with Crippen LogP contribution in [-0.4, -0.2) is 11.1 Å². The van der Waals surface area contributed by atoms with Crippen molar-refractivity contribution in [2.24, 2.45) is 0 Å². The number of nitrogens with zero attached hydrogens (tertiary/aromatic N) is 1. The lowest BCUT2D eigenvalue weighted by atomic mass is 10.1. The Labute approximate surface area is 81.4 Å². The van der Waals surface area contributed by atoms with Gasteiger partial charge in [0.15, 0.2) is 0 Å². The van der Waals surface area contributed by atoms with Crippen LogP contribution in [0.4, 0.5) is 0 Å². The van der Waals surface area contributed by atoms with E-state index in [4.69, 9.17) is 15.1 Å². The fourth-order valence-corrected chi connectivity index (χ4v) is 1.02. The second kappa shape index (κ2) is 4.28. The summed E-state index contributed by atoms with van der Waals surface area (Å²) in [6.07, 6.45) is -0.959. The van der Waals surface area contributed by atoms with E-state index in [-0.39, 0.29) is 5.75 Å². The van der Waals surface area contributed by atoms with E-state index in [0.717, 1.165) is 0 Å². The van der Waals surface area contributed by atoms with Crippen LogP contribution in [0.2, 0.25) is 0 Å². The van der Waals surface area contributed by atoms with Crippen LogP contribution < -0.4 is 0 Å². The average Bonchev–Trinajstić information content (AvgIpc) is 2.14. The molecule has 0 fully saturated rings. The predicted molar refractivity (Wildman–Crippen MR) is 48.2 cm³/mol. The second-order valence-corrected chi connectivity index (χ2v) is 2.71. The number of carbonyl (C=O) groups is 1. The first-order valence-corrected chi connectivity index (χ1v) is 3.99. The Morgan fingerprint density at radius 1 is 1.64 bits per heavy atom. The SMILES string of the molecule is CC(=O)OC(C#N)c1cccc(O)c1. The molecule has 0 aliphatic rings. The van der Waals surface area contributed by atoms with E-state index in [0.29, 0.717) is 5.56 Å². The summed E-state index contributed by atoms with van der Waals surface area (Å²) < 4.78 is 4.73. The summed E-state index contributed by atoms with van der Waals surface area (Å²) in [6, 6.07) is 7.88. The number of benzene rings is 1. The molecule has 0 bridgehead atoms. The number of esters is 1. The number of aromatic hydroxyl groups is 1. The molecule has 72 valence electrons. The molecule has 14 heavy (non-hydrogen) atoms. The maximum absolute atomic E-state index is 10.6. The Bertz CT molecular complexity index is 381. The van der Waals surface area contributed by atoms with Gasteiger partial charge >= 0.3 is 5.97 Å². The molecule has 0 aliphatic heterocycles. The maximum atomic E-state index is 10.6. The number of hydrogen-bond donors (Lipinski definition) is 1. The molecule has 1 N–H and O–H groups in total. The van der Waals surface area contributed by atoms with Gasteiger partial charge in [0.25, 0.3) is 0 Å². The molecule has 0 aromatic heterocycles. The molecular formula is C10H9NO3. The zero-order valence-corrected chi connectivity index (χ0v) is 7.60. The van der Waals surface area contributed by atoms with Crippen LogP contribution in [0.3, 0.4) is 0 Å². The van der Waals surface area contributed by atoms with Gasteiger partial charge in [-0.1, -0.05) is 12.1 Å². The van der Waals surface area contributed by atoms with Crippen LogP contribution in [-0.2, 0) is 9.53 Å². The van der Waals surface area contributed by atoms with Crippen LogP contribution in [0.15, 0.2) is 24.3 Å². The van der Waals surface area contributed by atoms with Crippen LogP contribution in [0, 0.1) is 11.3 Å². The highest BCUT2D eigenvalue weighted by molar-refractivity contribution is 5.66. The maximum Gasteiger partial charge on any atom is 0.304 e. The monoisotopic (exact) mass is 191 g/mol. The lowest BCUT2D eigenvalue weighted by Crippen LogP contribution is -2.06. The van der Waals surface area contributed by atoms with Crippen molar-refractivity contribution in [3.8, 4) is 11.8 Å². The number of phenolic OH excluding ortho intramolecular Hbond substituents is 1. The van der Waals surface area contributed by atoms with Gasteiger partial charge < -0.3 is 9.84 Å². The minimum atomic E-state index is -0.959. The molecule has 4 heteroatoms. The summed E-state index contributed by atoms with van der Waals surface area (Å²) in [6.45, 7) is 1.23. The van der Waals surface area contributed by atoms with Crippen molar-refractivity contribution in [2.45, 2.75) is 13.0 Å². The molecule has 4 nitrogen and oxygen atoms in total. The molecule has 1 aromatic carbocycles. The van der Waals surface area contributed by atoms with Crippen molar-refractivity contribution in [1.82, 2.24) is 0 Å². The fourth-order valence-electron chi connectivity index (χ4n) is 1.02. The molecule has 0 saturated carbocycles. The number of ether oxygens (including phenoxy) is 1. The van der Waals surface area contributed by atoms with Gasteiger partial charge in [0.1, 0.15) is 11.8 Å². The largest absolute Gasteiger partial charge is 0.508 e. The van der Waals surface area contributed by atoms with E-state index in [1.54, 1.807) is 12.1 Å². The number of hydrogen-bond acceptors (Lipinski definition) is 4. The van der Waals surface area contributed by atoms with E-state index in [1.165, 1.54) is 19.1 Å². The molecule has 0 radical (unpaired) electrons. The minimum Gasteiger partial charge on any atom is -0.508 e. The van der Waals surface area contributed by atoms with Gasteiger partial charge in [-0.25, -0.2) is 0 Å². The highest BCUT2D eigenvalue weighted by atomic mass is 16.5. The molecule has 0 saturated heterocycles. The van der Waals surface area contributed by atoms with Crippen LogP contribution >= 0.6 is 0 Å². The molecule has 0 spiro atoms. The van der Waals surface area contributed by atoms with E-state index in [9.17, 15) is 4.79 Å². The van der Waals surface area contributed by atoms with Gasteiger partial charge in [-0.15, -0.1) is 0 Å². The highest BCUT2D eigenvalue weighted by Crippen LogP contribution is 2.20. The predicted octanol–water partition coefficient (Wildman–Crippen LogP) is 1.52. The second-order valence-electron chi connectivity index (χ2n) is 2.71. The van der Waals surface area contributed by atoms with Crippen molar-refractivity contribution < 1.29 is 14.6 Å². The molecule has 1 atom stereocenters. The topological polar surface area (TPSA) is 70.3 Å². The van der Waals surface area contributed by atoms with Crippen molar-refractivity contribution in [3.05, 3.63) is 29.8 Å². The van der Waals surface area contributed by atoms with Crippen LogP contribution in [0.25, 0.3) is 0 Å². The number of nitriles is 1. The number of rotatable bonds is 2. The van der Waals surface area contributed by atoms with Crippen LogP contribution in [0.5, 0.6) is 5.75 Å². The Balaban J connectivity index is 2.90. The summed E-state index contributed by atoms with van der Waals surface area (Å²) in [4.78, 5) is 10.6. The first-order valence-electron chi connectivity index (χ1n) is 3.99. The lowest BCUT2D eigenvalue weighted by molar-refractivity contribution is -0.144. The molecule has 0 heterocycles. The van der Waals surface area contributed by atoms with E-state index < -0.39 is 12.1 Å². The van der Waals surface area contributed by atoms with Gasteiger partial charge in [-0.2, -0.15) is 5.26 Å². The highest BCUT2D eigenvalue weighted by Gasteiger charge is 2.13. The Morgan fingerprint density at radius 2 is 2.36 bits per heavy atom. The Kier molecular flexibility index (Phi) is 3.08. The van der Waals surface area contributed by atoms with Crippen molar-refractivity contribution in [3.63, 3.8) is 0 Å². The third-order valence-electron chi connectivity index (χ3n) is 1.57. The molecule has 1 unspecified atom stereocenters. The van der Waals surface area contributed by atoms with Gasteiger partial charge in [0.05, 0.1) is 0 Å². The Morgan fingerprint density at radius 3 is 2.86 bits per heavy atom. The van der Waals surface area contributed by atoms with Gasteiger partial charge in [0.2, 0.25) is 6.10 Å². The zero-order valence-electron chi connectivity index (χ0n) is 7.60. The minimum absolute atomic E-state index is 0.0369. The number of carbonyl (C=O) groups excluding carboxylic acids is 1. The van der Waals surface area contributed by atoms with Gasteiger partial charge in [-0.05, 0) is 12.1 Å². The molecule has 0 amide bonds. The summed E-state index contributed by atoms with van der Waals surface area (Å²) in [5.41, 5.74) is 0.461. The standard InChI is InChI=1S/C10H9NO3/c1-7(12)14-10(6-11)8-3-2-4-9(13)5-8/h2-5,10,13H,1H3. The molecular weight excluding hydrogens is 182 g/mol. The summed E-state index contributed by atoms with van der Waals surface area (Å²) in [7, 11) is 0. The first-order chi connectivity index (χ1) is 6.63. The average molecular weight is 191 g/mol. The Hall–Kier alpha value is -2.02. The summed E-state index contributed by atoms with van der Waals surface area (Å²) >= 11 is 0. The lowest BCUT2D eigenvalue weighted by Gasteiger charge is -2.09. The van der Waals surface area contributed by atoms with Crippen molar-refractivity contribution in [1.29, 1.82) is 5.26 Å². The normalized spacial score (nSPS) is 11.4. The summed E-state index contributed by atoms with van der Waals surface area (Å²) in [5.74, 6) is -0.491. The third-order valence-corrected chi connectivity index (χ3v) is 1.57. The molecule has 1 rings (SSSR count). The summed E-state index contributed by atoms with van der Waals surface area (Å²) in [5, 5.41) is 17.9. The smallest absolute Gasteiger partial charge is 0.304 e. The van der Waals surface area contributed by atoms with E-state index >= 15 is 0 Å². The van der Waals surface area contributed by atoms with Gasteiger partial charge in [0, 0.05) is 12.5 Å². The van der Waals surface area contributed by atoms with Gasteiger partial charge in [-0.3, -0.25) is 4.79 Å². The first kappa shape index (κ1) is 10.1. The van der Waals surface area contributed by atoms with Crippen molar-refractivity contribution in [2.75, 3.05) is 0 Å². The van der Waals surface area contributed by atoms with Crippen molar-refractivity contribution >= 4 is 5.97 Å².